The minimum Gasteiger partial charge on any atom is -0.0988 e. The van der Waals surface area contributed by atoms with Crippen LogP contribution in [0.1, 0.15) is 34.1 Å². The highest BCUT2D eigenvalue weighted by Crippen LogP contribution is 2.13. The molecule has 0 aromatic heterocycles. The van der Waals surface area contributed by atoms with Gasteiger partial charge in [-0.05, 0) is 25.0 Å². The summed E-state index contributed by atoms with van der Waals surface area (Å²) < 4.78 is 0. The fourth-order valence-corrected chi connectivity index (χ4v) is 0.782. The van der Waals surface area contributed by atoms with E-state index in [-0.39, 0.29) is 0 Å². The molecule has 13 heavy (non-hydrogen) atoms. The first-order valence-corrected chi connectivity index (χ1v) is 4.66. The largest absolute Gasteiger partial charge is 0.0988 e. The molecule has 0 spiro atoms. The summed E-state index contributed by atoms with van der Waals surface area (Å²) in [5.74, 6) is 0. The van der Waals surface area contributed by atoms with E-state index in [0.717, 1.165) is 16.7 Å². The van der Waals surface area contributed by atoms with Crippen LogP contribution in [0, 0.1) is 0 Å². The molecule has 0 aromatic rings. The van der Waals surface area contributed by atoms with Gasteiger partial charge >= 0.3 is 0 Å². The smallest absolute Gasteiger partial charge is 0.0210 e. The van der Waals surface area contributed by atoms with Crippen molar-refractivity contribution in [2.75, 3.05) is 0 Å². The van der Waals surface area contributed by atoms with Crippen LogP contribution in [0.3, 0.4) is 0 Å². The molecule has 0 aliphatic rings. The number of rotatable bonds is 3. The molecule has 0 unspecified atom stereocenters. The topological polar surface area (TPSA) is 0 Å². The molecule has 0 nitrogen and oxygen atoms in total. The van der Waals surface area contributed by atoms with Crippen molar-refractivity contribution >= 4 is 0 Å². The van der Waals surface area contributed by atoms with Gasteiger partial charge in [0, 0.05) is 0 Å². The Kier molecular flexibility index (Phi) is 10.1. The first kappa shape index (κ1) is 14.5. The van der Waals surface area contributed by atoms with Crippen LogP contribution in [0.5, 0.6) is 0 Å². The van der Waals surface area contributed by atoms with Crippen molar-refractivity contribution in [3.63, 3.8) is 0 Å². The molecule has 0 amide bonds. The van der Waals surface area contributed by atoms with Gasteiger partial charge in [-0.2, -0.15) is 0 Å². The van der Waals surface area contributed by atoms with E-state index in [1.54, 1.807) is 6.08 Å². The van der Waals surface area contributed by atoms with Gasteiger partial charge in [0.25, 0.3) is 0 Å². The molecular weight excluding hydrogens is 156 g/mol. The fraction of sp³-hybridized carbons (Fsp3) is 0.385. The minimum atomic E-state index is 1.03. The highest BCUT2D eigenvalue weighted by molar-refractivity contribution is 5.42. The van der Waals surface area contributed by atoms with Gasteiger partial charge in [0.1, 0.15) is 0 Å². The van der Waals surface area contributed by atoms with E-state index in [0.29, 0.717) is 0 Å². The molecule has 0 heterocycles. The molecule has 0 aliphatic heterocycles. The third-order valence-corrected chi connectivity index (χ3v) is 1.39. The van der Waals surface area contributed by atoms with E-state index in [2.05, 4.69) is 33.6 Å². The molecule has 0 N–H and O–H groups in total. The van der Waals surface area contributed by atoms with Crippen LogP contribution in [0.2, 0.25) is 0 Å². The third-order valence-electron chi connectivity index (χ3n) is 1.39. The molecule has 0 radical (unpaired) electrons. The van der Waals surface area contributed by atoms with Gasteiger partial charge in [0.2, 0.25) is 0 Å². The van der Waals surface area contributed by atoms with Crippen LogP contribution in [-0.2, 0) is 0 Å². The maximum absolute atomic E-state index is 3.82. The summed E-state index contributed by atoms with van der Waals surface area (Å²) in [6.07, 6.45) is 4.87. The van der Waals surface area contributed by atoms with Crippen LogP contribution in [-0.4, -0.2) is 0 Å². The maximum Gasteiger partial charge on any atom is -0.0210 e. The predicted octanol–water partition coefficient (Wildman–Crippen LogP) is 4.67. The van der Waals surface area contributed by atoms with Crippen molar-refractivity contribution in [2.24, 2.45) is 0 Å². The zero-order chi connectivity index (χ0) is 10.9. The van der Waals surface area contributed by atoms with E-state index in [4.69, 9.17) is 0 Å². The third kappa shape index (κ3) is 7.32. The van der Waals surface area contributed by atoms with Crippen LogP contribution in [0.4, 0.5) is 0 Å². The normalized spacial score (nSPS) is 10.5. The van der Waals surface area contributed by atoms with Crippen LogP contribution < -0.4 is 0 Å². The second-order valence-electron chi connectivity index (χ2n) is 2.99. The summed E-state index contributed by atoms with van der Waals surface area (Å²) in [5, 5.41) is 0. The average Bonchev–Trinajstić information content (AvgIpc) is 2.06. The Morgan fingerprint density at radius 2 is 1.46 bits per heavy atom. The molecule has 0 heteroatoms. The molecule has 0 rings (SSSR count). The lowest BCUT2D eigenvalue weighted by Gasteiger charge is -2.02. The molecular formula is C13H22. The Hall–Kier alpha value is -1.04. The van der Waals surface area contributed by atoms with Crippen LogP contribution in [0.15, 0.2) is 48.6 Å². The van der Waals surface area contributed by atoms with Gasteiger partial charge in [-0.1, -0.05) is 57.7 Å². The lowest BCUT2D eigenvalue weighted by Crippen LogP contribution is -1.82. The molecule has 74 valence electrons. The van der Waals surface area contributed by atoms with Crippen molar-refractivity contribution in [2.45, 2.75) is 34.1 Å². The zero-order valence-electron chi connectivity index (χ0n) is 9.48. The molecule has 0 bridgehead atoms. The van der Waals surface area contributed by atoms with E-state index in [1.807, 2.05) is 19.9 Å². The quantitative estimate of drug-likeness (QED) is 0.551. The lowest BCUT2D eigenvalue weighted by atomic mass is 10.0. The van der Waals surface area contributed by atoms with Gasteiger partial charge in [-0.3, -0.25) is 0 Å². The number of hydrogen-bond donors (Lipinski definition) is 0. The van der Waals surface area contributed by atoms with E-state index >= 15 is 0 Å². The molecule has 0 atom stereocenters. The molecule has 0 saturated heterocycles. The molecule has 0 aromatic carbocycles. The Balaban J connectivity index is 0. The van der Waals surface area contributed by atoms with Crippen molar-refractivity contribution in [3.8, 4) is 0 Å². The second kappa shape index (κ2) is 9.05. The summed E-state index contributed by atoms with van der Waals surface area (Å²) in [6, 6.07) is 0. The Morgan fingerprint density at radius 1 is 1.08 bits per heavy atom. The van der Waals surface area contributed by atoms with Crippen molar-refractivity contribution < 1.29 is 0 Å². The summed E-state index contributed by atoms with van der Waals surface area (Å²) >= 11 is 0. The first-order chi connectivity index (χ1) is 6.04. The average molecular weight is 178 g/mol. The van der Waals surface area contributed by atoms with E-state index in [9.17, 15) is 0 Å². The summed E-state index contributed by atoms with van der Waals surface area (Å²) in [7, 11) is 0. The number of hydrogen-bond acceptors (Lipinski definition) is 0. The highest BCUT2D eigenvalue weighted by atomic mass is 14.0. The highest BCUT2D eigenvalue weighted by Gasteiger charge is 1.93. The van der Waals surface area contributed by atoms with Gasteiger partial charge < -0.3 is 0 Å². The lowest BCUT2D eigenvalue weighted by molar-refractivity contribution is 1.09. The summed E-state index contributed by atoms with van der Waals surface area (Å²) in [6.45, 7) is 19.4. The van der Waals surface area contributed by atoms with Crippen molar-refractivity contribution in [1.29, 1.82) is 0 Å². The predicted molar refractivity (Wildman–Crippen MR) is 63.9 cm³/mol. The van der Waals surface area contributed by atoms with Gasteiger partial charge in [0.05, 0.1) is 0 Å². The molecule has 0 aliphatic carbocycles. The van der Waals surface area contributed by atoms with E-state index < -0.39 is 0 Å². The maximum atomic E-state index is 3.82. The van der Waals surface area contributed by atoms with Gasteiger partial charge in [-0.25, -0.2) is 0 Å². The van der Waals surface area contributed by atoms with Crippen molar-refractivity contribution in [1.82, 2.24) is 0 Å². The Labute approximate surface area is 83.4 Å². The monoisotopic (exact) mass is 178 g/mol. The standard InChI is InChI=1S/C10H14.C3H8/c1-6-9(5)10(7-2)8(3)4;1-3-2/h6-7H,1-3H2,4-5H3;3H2,1-2H3/b10-9+;. The van der Waals surface area contributed by atoms with Gasteiger partial charge in [-0.15, -0.1) is 0 Å². The van der Waals surface area contributed by atoms with Crippen LogP contribution in [0.25, 0.3) is 0 Å². The fourth-order valence-electron chi connectivity index (χ4n) is 0.782. The molecule has 0 saturated carbocycles. The summed E-state index contributed by atoms with van der Waals surface area (Å²) in [5.41, 5.74) is 3.25. The van der Waals surface area contributed by atoms with Crippen molar-refractivity contribution in [3.05, 3.63) is 48.6 Å². The minimum absolute atomic E-state index is 1.03. The van der Waals surface area contributed by atoms with Crippen LogP contribution >= 0.6 is 0 Å². The molecule has 0 fully saturated rings. The Morgan fingerprint density at radius 3 is 1.54 bits per heavy atom. The second-order valence-corrected chi connectivity index (χ2v) is 2.99. The Bertz CT molecular complexity index is 204. The van der Waals surface area contributed by atoms with E-state index in [1.165, 1.54) is 6.42 Å². The zero-order valence-corrected chi connectivity index (χ0v) is 9.48. The van der Waals surface area contributed by atoms with Gasteiger partial charge in [0.15, 0.2) is 0 Å². The first-order valence-electron chi connectivity index (χ1n) is 4.66. The summed E-state index contributed by atoms with van der Waals surface area (Å²) in [4.78, 5) is 0. The SMILES string of the molecule is C=C/C(C)=C(\C=C)C(=C)C.CCC. The number of allylic oxidation sites excluding steroid dienone is 5.